The standard InChI is InChI=1S/C10H12N2O4S/c1-4-6(9(14)15)12-7(13)5(11)8(12)17(16)10(4)2-3-10/h5,8H,2-3,11H2,1H3,(H,14,15)/t5-,8-,17?/m1/s1. The molecule has 3 atom stereocenters. The number of carbonyl (C=O) groups is 2. The molecule has 6 nitrogen and oxygen atoms in total. The van der Waals surface area contributed by atoms with E-state index in [1.54, 1.807) is 6.92 Å². The summed E-state index contributed by atoms with van der Waals surface area (Å²) < 4.78 is 11.8. The molecule has 7 heteroatoms. The minimum Gasteiger partial charge on any atom is -0.477 e. The molecule has 1 unspecified atom stereocenters. The van der Waals surface area contributed by atoms with Gasteiger partial charge in [0, 0.05) is 0 Å². The number of aliphatic carboxylic acids is 1. The van der Waals surface area contributed by atoms with E-state index in [1.807, 2.05) is 0 Å². The molecule has 0 aromatic carbocycles. The van der Waals surface area contributed by atoms with Crippen LogP contribution in [0.1, 0.15) is 19.8 Å². The van der Waals surface area contributed by atoms with Crippen LogP contribution >= 0.6 is 0 Å². The maximum absolute atomic E-state index is 12.3. The Labute approximate surface area is 99.9 Å². The molecular formula is C10H12N2O4S. The van der Waals surface area contributed by atoms with Gasteiger partial charge >= 0.3 is 5.97 Å². The Morgan fingerprint density at radius 1 is 1.59 bits per heavy atom. The van der Waals surface area contributed by atoms with E-state index in [0.717, 1.165) is 4.90 Å². The Kier molecular flexibility index (Phi) is 1.90. The van der Waals surface area contributed by atoms with E-state index in [4.69, 9.17) is 5.73 Å². The number of nitrogens with zero attached hydrogens (tertiary/aromatic N) is 1. The summed E-state index contributed by atoms with van der Waals surface area (Å²) in [6.45, 7) is 1.65. The van der Waals surface area contributed by atoms with Crippen molar-refractivity contribution in [1.29, 1.82) is 0 Å². The van der Waals surface area contributed by atoms with Crippen LogP contribution in [0.15, 0.2) is 11.3 Å². The summed E-state index contributed by atoms with van der Waals surface area (Å²) in [6, 6.07) is -0.823. The predicted octanol–water partition coefficient (Wildman–Crippen LogP) is -0.865. The zero-order chi connectivity index (χ0) is 12.5. The maximum Gasteiger partial charge on any atom is 0.352 e. The molecule has 3 N–H and O–H groups in total. The Balaban J connectivity index is 2.18. The number of β-lactam (4-membered cyclic amide) rings is 1. The first-order valence-corrected chi connectivity index (χ1v) is 6.57. The first-order chi connectivity index (χ1) is 7.92. The average molecular weight is 256 g/mol. The van der Waals surface area contributed by atoms with Crippen LogP contribution in [0.4, 0.5) is 0 Å². The van der Waals surface area contributed by atoms with Gasteiger partial charge in [0.05, 0.1) is 15.5 Å². The van der Waals surface area contributed by atoms with Crippen molar-refractivity contribution >= 4 is 22.7 Å². The minimum absolute atomic E-state index is 0.0150. The van der Waals surface area contributed by atoms with E-state index in [0.29, 0.717) is 18.4 Å². The number of hydrogen-bond donors (Lipinski definition) is 2. The van der Waals surface area contributed by atoms with Crippen LogP contribution in [0.2, 0.25) is 0 Å². The second-order valence-corrected chi connectivity index (χ2v) is 6.55. The summed E-state index contributed by atoms with van der Waals surface area (Å²) in [7, 11) is -1.29. The van der Waals surface area contributed by atoms with Crippen molar-refractivity contribution in [3.8, 4) is 0 Å². The van der Waals surface area contributed by atoms with Gasteiger partial charge in [0.25, 0.3) is 0 Å². The third-order valence-corrected chi connectivity index (χ3v) is 6.30. The van der Waals surface area contributed by atoms with Crippen LogP contribution in [0, 0.1) is 0 Å². The number of fused-ring (bicyclic) bond motifs is 1. The molecule has 0 radical (unpaired) electrons. The van der Waals surface area contributed by atoms with E-state index < -0.39 is 38.8 Å². The molecule has 1 saturated heterocycles. The van der Waals surface area contributed by atoms with Gasteiger partial charge in [-0.15, -0.1) is 0 Å². The topological polar surface area (TPSA) is 101 Å². The van der Waals surface area contributed by atoms with Gasteiger partial charge in [-0.2, -0.15) is 0 Å². The molecule has 2 aliphatic heterocycles. The molecule has 17 heavy (non-hydrogen) atoms. The zero-order valence-corrected chi connectivity index (χ0v) is 9.99. The third kappa shape index (κ3) is 1.06. The van der Waals surface area contributed by atoms with Gasteiger partial charge in [0.1, 0.15) is 17.1 Å². The average Bonchev–Trinajstić information content (AvgIpc) is 3.06. The van der Waals surface area contributed by atoms with Gasteiger partial charge in [-0.25, -0.2) is 4.79 Å². The maximum atomic E-state index is 12.3. The Hall–Kier alpha value is -1.21. The Bertz CT molecular complexity index is 508. The SMILES string of the molecule is CC1=C(C(=O)O)N2C(=O)[C@@H](N)[C@H]2S(=O)C12CC2. The van der Waals surface area contributed by atoms with Gasteiger partial charge in [0.15, 0.2) is 0 Å². The van der Waals surface area contributed by atoms with Crippen molar-refractivity contribution < 1.29 is 18.9 Å². The van der Waals surface area contributed by atoms with Gasteiger partial charge in [0.2, 0.25) is 5.91 Å². The fourth-order valence-electron chi connectivity index (χ4n) is 2.68. The van der Waals surface area contributed by atoms with Gasteiger partial charge in [-0.05, 0) is 25.3 Å². The lowest BCUT2D eigenvalue weighted by atomic mass is 10.0. The summed E-state index contributed by atoms with van der Waals surface area (Å²) in [6.07, 6.45) is 1.43. The fourth-order valence-corrected chi connectivity index (χ4v) is 4.83. The number of rotatable bonds is 1. The molecule has 2 heterocycles. The van der Waals surface area contributed by atoms with Crippen LogP contribution in [-0.4, -0.2) is 42.3 Å². The molecule has 0 aromatic heterocycles. The number of carboxylic acids is 1. The van der Waals surface area contributed by atoms with Crippen molar-refractivity contribution in [2.45, 2.75) is 35.9 Å². The van der Waals surface area contributed by atoms with Crippen molar-refractivity contribution in [3.63, 3.8) is 0 Å². The molecule has 1 aliphatic carbocycles. The van der Waals surface area contributed by atoms with Crippen LogP contribution in [0.25, 0.3) is 0 Å². The number of hydrogen-bond acceptors (Lipinski definition) is 4. The lowest BCUT2D eigenvalue weighted by Crippen LogP contribution is -2.73. The number of nitrogens with two attached hydrogens (primary N) is 1. The molecule has 0 aromatic rings. The molecule has 2 fully saturated rings. The van der Waals surface area contributed by atoms with Crippen molar-refractivity contribution in [1.82, 2.24) is 4.90 Å². The van der Waals surface area contributed by atoms with Crippen LogP contribution in [0.5, 0.6) is 0 Å². The molecule has 0 bridgehead atoms. The van der Waals surface area contributed by atoms with Gasteiger partial charge < -0.3 is 10.8 Å². The molecule has 3 rings (SSSR count). The first-order valence-electron chi connectivity index (χ1n) is 5.36. The molecular weight excluding hydrogens is 244 g/mol. The molecule has 92 valence electrons. The summed E-state index contributed by atoms with van der Waals surface area (Å²) in [5.41, 5.74) is 6.16. The Morgan fingerprint density at radius 2 is 2.18 bits per heavy atom. The highest BCUT2D eigenvalue weighted by molar-refractivity contribution is 7.87. The van der Waals surface area contributed by atoms with E-state index in [-0.39, 0.29) is 5.70 Å². The highest BCUT2D eigenvalue weighted by atomic mass is 32.2. The highest BCUT2D eigenvalue weighted by Gasteiger charge is 2.65. The highest BCUT2D eigenvalue weighted by Crippen LogP contribution is 2.55. The first kappa shape index (κ1) is 10.9. The Morgan fingerprint density at radius 3 is 2.65 bits per heavy atom. The number of carboxylic acid groups (broad SMARTS) is 1. The van der Waals surface area contributed by atoms with E-state index >= 15 is 0 Å². The zero-order valence-electron chi connectivity index (χ0n) is 9.17. The third-order valence-electron chi connectivity index (χ3n) is 3.87. The number of amides is 1. The van der Waals surface area contributed by atoms with E-state index in [1.165, 1.54) is 0 Å². The summed E-state index contributed by atoms with van der Waals surface area (Å²) in [4.78, 5) is 23.9. The summed E-state index contributed by atoms with van der Waals surface area (Å²) in [5.74, 6) is -1.59. The molecule has 1 saturated carbocycles. The van der Waals surface area contributed by atoms with Crippen LogP contribution < -0.4 is 5.73 Å². The van der Waals surface area contributed by atoms with Crippen molar-refractivity contribution in [3.05, 3.63) is 11.3 Å². The monoisotopic (exact) mass is 256 g/mol. The number of carbonyl (C=O) groups excluding carboxylic acids is 1. The summed E-state index contributed by atoms with van der Waals surface area (Å²) in [5, 5.41) is 8.54. The lowest BCUT2D eigenvalue weighted by molar-refractivity contribution is -0.148. The molecule has 1 amide bonds. The van der Waals surface area contributed by atoms with Crippen molar-refractivity contribution in [2.24, 2.45) is 5.73 Å². The predicted molar refractivity (Wildman–Crippen MR) is 59.1 cm³/mol. The molecule has 1 spiro atoms. The largest absolute Gasteiger partial charge is 0.477 e. The van der Waals surface area contributed by atoms with Gasteiger partial charge in [-0.1, -0.05) is 0 Å². The fraction of sp³-hybridized carbons (Fsp3) is 0.600. The lowest BCUT2D eigenvalue weighted by Gasteiger charge is -2.49. The van der Waals surface area contributed by atoms with E-state index in [9.17, 15) is 18.9 Å². The smallest absolute Gasteiger partial charge is 0.352 e. The minimum atomic E-state index is -1.29. The normalized spacial score (nSPS) is 37.9. The molecule has 3 aliphatic rings. The van der Waals surface area contributed by atoms with E-state index in [2.05, 4.69) is 0 Å². The van der Waals surface area contributed by atoms with Gasteiger partial charge in [-0.3, -0.25) is 13.9 Å². The second-order valence-electron chi connectivity index (χ2n) is 4.70. The van der Waals surface area contributed by atoms with Crippen molar-refractivity contribution in [2.75, 3.05) is 0 Å². The van der Waals surface area contributed by atoms with Crippen LogP contribution in [-0.2, 0) is 20.4 Å². The quantitative estimate of drug-likeness (QED) is 0.594. The van der Waals surface area contributed by atoms with Crippen LogP contribution in [0.3, 0.4) is 0 Å². The second kappa shape index (κ2) is 2.97. The summed E-state index contributed by atoms with van der Waals surface area (Å²) >= 11 is 0.